The number of nitrogens with zero attached hydrogens (tertiary/aromatic N) is 5. The first-order chi connectivity index (χ1) is 19.3. The predicted molar refractivity (Wildman–Crippen MR) is 150 cm³/mol. The summed E-state index contributed by atoms with van der Waals surface area (Å²) in [4.78, 5) is 27.3. The van der Waals surface area contributed by atoms with Gasteiger partial charge in [-0.2, -0.15) is 5.10 Å². The first kappa shape index (κ1) is 26.3. The average Bonchev–Trinajstić information content (AvgIpc) is 3.60. The van der Waals surface area contributed by atoms with Crippen LogP contribution in [0.2, 0.25) is 0 Å². The Labute approximate surface area is 233 Å². The van der Waals surface area contributed by atoms with E-state index in [1.54, 1.807) is 17.3 Å². The molecule has 40 heavy (non-hydrogen) atoms. The topological polar surface area (TPSA) is 107 Å². The molecule has 0 radical (unpaired) electrons. The van der Waals surface area contributed by atoms with Crippen molar-refractivity contribution in [3.05, 3.63) is 54.2 Å². The number of ether oxygens (including phenoxy) is 3. The summed E-state index contributed by atoms with van der Waals surface area (Å²) < 4.78 is 19.8. The zero-order valence-corrected chi connectivity index (χ0v) is 23.5. The van der Waals surface area contributed by atoms with Gasteiger partial charge in [0.15, 0.2) is 0 Å². The molecule has 1 N–H and O–H groups in total. The van der Waals surface area contributed by atoms with E-state index >= 15 is 0 Å². The second kappa shape index (κ2) is 10.6. The van der Waals surface area contributed by atoms with Gasteiger partial charge in [0.05, 0.1) is 35.7 Å². The minimum atomic E-state index is -0.549. The second-order valence-corrected chi connectivity index (χ2v) is 11.6. The van der Waals surface area contributed by atoms with Crippen molar-refractivity contribution in [1.29, 1.82) is 0 Å². The highest BCUT2D eigenvalue weighted by Gasteiger charge is 2.31. The summed E-state index contributed by atoms with van der Waals surface area (Å²) in [5.74, 6) is 1.42. The quantitative estimate of drug-likeness (QED) is 0.303. The summed E-state index contributed by atoms with van der Waals surface area (Å²) in [6.45, 7) is 9.55. The van der Waals surface area contributed by atoms with Crippen molar-refractivity contribution >= 4 is 17.1 Å². The molecule has 0 aromatic carbocycles. The highest BCUT2D eigenvalue weighted by Crippen LogP contribution is 2.36. The molecule has 0 saturated carbocycles. The van der Waals surface area contributed by atoms with E-state index in [1.165, 1.54) is 0 Å². The van der Waals surface area contributed by atoms with Crippen LogP contribution in [0.25, 0.3) is 22.3 Å². The van der Waals surface area contributed by atoms with Gasteiger partial charge in [-0.3, -0.25) is 4.98 Å². The van der Waals surface area contributed by atoms with Crippen molar-refractivity contribution in [3.63, 3.8) is 0 Å². The van der Waals surface area contributed by atoms with E-state index in [4.69, 9.17) is 19.2 Å². The van der Waals surface area contributed by atoms with Gasteiger partial charge in [0, 0.05) is 37.0 Å². The molecule has 2 aliphatic heterocycles. The molecule has 1 saturated heterocycles. The zero-order chi connectivity index (χ0) is 27.9. The van der Waals surface area contributed by atoms with Crippen LogP contribution >= 0.6 is 0 Å². The number of carbonyl (C=O) groups excluding carboxylic acids is 1. The molecule has 210 valence electrons. The Balaban J connectivity index is 1.24. The van der Waals surface area contributed by atoms with Gasteiger partial charge in [0.2, 0.25) is 0 Å². The summed E-state index contributed by atoms with van der Waals surface area (Å²) in [6, 6.07) is 5.86. The van der Waals surface area contributed by atoms with E-state index in [0.717, 1.165) is 65.8 Å². The molecule has 4 aromatic rings. The standard InChI is InChI=1S/C30H36N6O4/c1-5-19-16-35(29(37)40-30(2,3)4)17-20-12-22(15-32-27(19)20)39-25-9-10-31-28-23(25)13-24(34-28)21-14-33-36(18-21)26-8-6-7-11-38-26/h9-10,12-15,18-19,26H,5-8,11,16-17H2,1-4H3,(H,31,34)/t19-,26?/m0/s1. The van der Waals surface area contributed by atoms with Crippen molar-refractivity contribution in [2.24, 2.45) is 0 Å². The number of pyridine rings is 2. The lowest BCUT2D eigenvalue weighted by atomic mass is 9.93. The van der Waals surface area contributed by atoms with E-state index < -0.39 is 5.60 Å². The highest BCUT2D eigenvalue weighted by atomic mass is 16.6. The molecule has 1 fully saturated rings. The number of fused-ring (bicyclic) bond motifs is 2. The van der Waals surface area contributed by atoms with E-state index in [1.807, 2.05) is 56.0 Å². The Hall–Kier alpha value is -3.92. The molecule has 4 aromatic heterocycles. The normalized spacial score (nSPS) is 19.4. The molecule has 2 atom stereocenters. The molecule has 2 aliphatic rings. The van der Waals surface area contributed by atoms with Crippen LogP contribution in [-0.2, 0) is 16.0 Å². The molecular formula is C30H36N6O4. The fraction of sp³-hybridized carbons (Fsp3) is 0.467. The van der Waals surface area contributed by atoms with Gasteiger partial charge in [-0.25, -0.2) is 14.5 Å². The lowest BCUT2D eigenvalue weighted by Gasteiger charge is -2.34. The maximum atomic E-state index is 12.8. The van der Waals surface area contributed by atoms with Crippen molar-refractivity contribution in [3.8, 4) is 22.8 Å². The number of aromatic amines is 1. The number of nitrogens with one attached hydrogen (secondary N) is 1. The van der Waals surface area contributed by atoms with Crippen LogP contribution in [0.15, 0.2) is 43.0 Å². The molecule has 10 nitrogen and oxygen atoms in total. The number of rotatable bonds is 5. The largest absolute Gasteiger partial charge is 0.455 e. The van der Waals surface area contributed by atoms with Gasteiger partial charge < -0.3 is 24.1 Å². The molecule has 1 unspecified atom stereocenters. The molecular weight excluding hydrogens is 508 g/mol. The van der Waals surface area contributed by atoms with Gasteiger partial charge >= 0.3 is 6.09 Å². The predicted octanol–water partition coefficient (Wildman–Crippen LogP) is 6.56. The van der Waals surface area contributed by atoms with Crippen molar-refractivity contribution < 1.29 is 19.0 Å². The Morgan fingerprint density at radius 1 is 1.20 bits per heavy atom. The minimum Gasteiger partial charge on any atom is -0.455 e. The third-order valence-corrected chi connectivity index (χ3v) is 7.39. The summed E-state index contributed by atoms with van der Waals surface area (Å²) in [5.41, 5.74) is 4.02. The number of hydrogen-bond acceptors (Lipinski definition) is 7. The first-order valence-electron chi connectivity index (χ1n) is 14.1. The molecule has 6 heterocycles. The molecule has 10 heteroatoms. The molecule has 6 rings (SSSR count). The maximum absolute atomic E-state index is 12.8. The minimum absolute atomic E-state index is 0.0149. The summed E-state index contributed by atoms with van der Waals surface area (Å²) in [7, 11) is 0. The highest BCUT2D eigenvalue weighted by molar-refractivity contribution is 5.88. The Morgan fingerprint density at radius 2 is 2.08 bits per heavy atom. The number of H-pyrrole nitrogens is 1. The number of aromatic nitrogens is 5. The lowest BCUT2D eigenvalue weighted by Crippen LogP contribution is -2.41. The van der Waals surface area contributed by atoms with E-state index in [9.17, 15) is 4.79 Å². The van der Waals surface area contributed by atoms with Crippen molar-refractivity contribution in [2.45, 2.75) is 77.7 Å². The van der Waals surface area contributed by atoms with Crippen LogP contribution in [0.1, 0.15) is 76.8 Å². The van der Waals surface area contributed by atoms with Gasteiger partial charge in [0.25, 0.3) is 0 Å². The third-order valence-electron chi connectivity index (χ3n) is 7.39. The summed E-state index contributed by atoms with van der Waals surface area (Å²) in [5, 5.41) is 5.40. The monoisotopic (exact) mass is 544 g/mol. The molecule has 1 amide bonds. The van der Waals surface area contributed by atoms with Gasteiger partial charge in [-0.05, 0) is 70.2 Å². The Kier molecular flexibility index (Phi) is 6.95. The first-order valence-corrected chi connectivity index (χ1v) is 14.1. The van der Waals surface area contributed by atoms with Gasteiger partial charge in [-0.1, -0.05) is 6.92 Å². The van der Waals surface area contributed by atoms with Gasteiger partial charge in [0.1, 0.15) is 29.0 Å². The summed E-state index contributed by atoms with van der Waals surface area (Å²) in [6.07, 6.45) is 11.1. The maximum Gasteiger partial charge on any atom is 0.410 e. The molecule has 0 bridgehead atoms. The molecule has 0 aliphatic carbocycles. The van der Waals surface area contributed by atoms with Crippen LogP contribution in [0.4, 0.5) is 4.79 Å². The smallest absolute Gasteiger partial charge is 0.410 e. The van der Waals surface area contributed by atoms with Gasteiger partial charge in [-0.15, -0.1) is 0 Å². The number of hydrogen-bond donors (Lipinski definition) is 1. The number of amides is 1. The fourth-order valence-electron chi connectivity index (χ4n) is 5.40. The average molecular weight is 545 g/mol. The van der Waals surface area contributed by atoms with Crippen LogP contribution in [0.5, 0.6) is 11.5 Å². The Morgan fingerprint density at radius 3 is 2.85 bits per heavy atom. The fourth-order valence-corrected chi connectivity index (χ4v) is 5.40. The Bertz CT molecular complexity index is 1510. The SMILES string of the molecule is CC[C@H]1CN(C(=O)OC(C)(C)C)Cc2cc(Oc3ccnc4[nH]c(-c5cnn(C6CCCCO6)c5)cc34)cnc21. The third kappa shape index (κ3) is 5.40. The number of carbonyl (C=O) groups is 1. The van der Waals surface area contributed by atoms with Crippen LogP contribution in [-0.4, -0.2) is 54.5 Å². The van der Waals surface area contributed by atoms with Crippen LogP contribution < -0.4 is 4.74 Å². The zero-order valence-electron chi connectivity index (χ0n) is 23.5. The van der Waals surface area contributed by atoms with Crippen LogP contribution in [0, 0.1) is 0 Å². The second-order valence-electron chi connectivity index (χ2n) is 11.6. The molecule has 0 spiro atoms. The summed E-state index contributed by atoms with van der Waals surface area (Å²) >= 11 is 0. The van der Waals surface area contributed by atoms with Crippen molar-refractivity contribution in [1.82, 2.24) is 29.6 Å². The van der Waals surface area contributed by atoms with E-state index in [-0.39, 0.29) is 18.2 Å². The van der Waals surface area contributed by atoms with E-state index in [0.29, 0.717) is 24.6 Å². The van der Waals surface area contributed by atoms with E-state index in [2.05, 4.69) is 22.0 Å². The van der Waals surface area contributed by atoms with Crippen LogP contribution in [0.3, 0.4) is 0 Å². The van der Waals surface area contributed by atoms with Crippen molar-refractivity contribution in [2.75, 3.05) is 13.2 Å². The lowest BCUT2D eigenvalue weighted by molar-refractivity contribution is -0.0394.